The Morgan fingerprint density at radius 1 is 1.00 bits per heavy atom. The topological polar surface area (TPSA) is 96.3 Å². The molecule has 0 saturated heterocycles. The highest BCUT2D eigenvalue weighted by Crippen LogP contribution is 2.43. The Kier molecular flexibility index (Phi) is 9.56. The van der Waals surface area contributed by atoms with Crippen LogP contribution in [0.4, 0.5) is 23.4 Å². The van der Waals surface area contributed by atoms with E-state index in [-0.39, 0.29) is 31.0 Å². The minimum atomic E-state index is -4.68. The van der Waals surface area contributed by atoms with Crippen molar-refractivity contribution < 1.29 is 31.9 Å². The summed E-state index contributed by atoms with van der Waals surface area (Å²) in [5.41, 5.74) is 0.727. The number of carbonyl (C=O) groups is 3. The second-order valence-electron chi connectivity index (χ2n) is 10.3. The van der Waals surface area contributed by atoms with E-state index in [0.29, 0.717) is 32.8 Å². The van der Waals surface area contributed by atoms with Crippen LogP contribution in [0.5, 0.6) is 0 Å². The van der Waals surface area contributed by atoms with Crippen molar-refractivity contribution in [1.29, 1.82) is 0 Å². The lowest BCUT2D eigenvalue weighted by Gasteiger charge is -2.38. The summed E-state index contributed by atoms with van der Waals surface area (Å²) in [6.07, 6.45) is -4.40. The van der Waals surface area contributed by atoms with Gasteiger partial charge in [-0.05, 0) is 55.0 Å². The summed E-state index contributed by atoms with van der Waals surface area (Å²) in [6, 6.07) is 17.1. The van der Waals surface area contributed by atoms with E-state index < -0.39 is 41.3 Å². The number of fused-ring (bicyclic) bond motifs is 1. The van der Waals surface area contributed by atoms with Gasteiger partial charge in [-0.15, -0.1) is 0 Å². The number of rotatable bonds is 9. The fourth-order valence-corrected chi connectivity index (χ4v) is 5.89. The SMILES string of the molecule is CCN1C(=O)[C@@H](NC(=O)c2cccc(C(F)(F)F)c2)[C@@H](c2ccc(F)cc2)c2c(CNC(=O)CCI)nn(-c3ccccc3)c21. The Morgan fingerprint density at radius 3 is 2.36 bits per heavy atom. The molecule has 0 bridgehead atoms. The first-order valence-electron chi connectivity index (χ1n) is 14.1. The average Bonchev–Trinajstić information content (AvgIpc) is 3.40. The van der Waals surface area contributed by atoms with E-state index in [9.17, 15) is 31.9 Å². The van der Waals surface area contributed by atoms with Crippen LogP contribution < -0.4 is 15.5 Å². The van der Waals surface area contributed by atoms with Gasteiger partial charge in [0.15, 0.2) is 0 Å². The third-order valence-corrected chi connectivity index (χ3v) is 8.00. The summed E-state index contributed by atoms with van der Waals surface area (Å²) in [4.78, 5) is 41.7. The van der Waals surface area contributed by atoms with E-state index in [0.717, 1.165) is 18.2 Å². The number of halogens is 5. The second-order valence-corrected chi connectivity index (χ2v) is 11.4. The molecule has 0 fully saturated rings. The summed E-state index contributed by atoms with van der Waals surface area (Å²) >= 11 is 2.09. The van der Waals surface area contributed by atoms with Crippen LogP contribution in [-0.2, 0) is 22.3 Å². The molecule has 2 atom stereocenters. The highest BCUT2D eigenvalue weighted by Gasteiger charge is 2.46. The monoisotopic (exact) mass is 733 g/mol. The van der Waals surface area contributed by atoms with E-state index in [4.69, 9.17) is 5.10 Å². The van der Waals surface area contributed by atoms with Crippen LogP contribution in [0.1, 0.15) is 52.0 Å². The number of hydrogen-bond acceptors (Lipinski definition) is 4. The van der Waals surface area contributed by atoms with E-state index in [1.165, 1.54) is 35.2 Å². The minimum absolute atomic E-state index is 0.00459. The normalized spacial score (nSPS) is 16.3. The lowest BCUT2D eigenvalue weighted by Crippen LogP contribution is -2.55. The Balaban J connectivity index is 1.68. The Labute approximate surface area is 269 Å². The van der Waals surface area contributed by atoms with Crippen molar-refractivity contribution in [2.45, 2.75) is 38.0 Å². The van der Waals surface area contributed by atoms with Crippen LogP contribution in [0.25, 0.3) is 5.69 Å². The highest BCUT2D eigenvalue weighted by molar-refractivity contribution is 14.1. The largest absolute Gasteiger partial charge is 0.416 e. The predicted molar refractivity (Wildman–Crippen MR) is 168 cm³/mol. The van der Waals surface area contributed by atoms with Crippen molar-refractivity contribution in [3.8, 4) is 5.69 Å². The van der Waals surface area contributed by atoms with Gasteiger partial charge in [0.2, 0.25) is 5.91 Å². The predicted octanol–water partition coefficient (Wildman–Crippen LogP) is 5.77. The summed E-state index contributed by atoms with van der Waals surface area (Å²) in [7, 11) is 0. The van der Waals surface area contributed by atoms with Gasteiger partial charge in [0.1, 0.15) is 17.7 Å². The molecule has 1 aliphatic rings. The molecule has 13 heteroatoms. The van der Waals surface area contributed by atoms with Crippen LogP contribution in [-0.4, -0.2) is 44.5 Å². The van der Waals surface area contributed by atoms with E-state index in [1.807, 2.05) is 18.2 Å². The van der Waals surface area contributed by atoms with E-state index in [1.54, 1.807) is 23.7 Å². The molecular formula is C32H28F4IN5O3. The summed E-state index contributed by atoms with van der Waals surface area (Å²) in [5.74, 6) is -2.67. The van der Waals surface area contributed by atoms with Crippen molar-refractivity contribution in [2.24, 2.45) is 0 Å². The van der Waals surface area contributed by atoms with Gasteiger partial charge in [0.25, 0.3) is 11.8 Å². The lowest BCUT2D eigenvalue weighted by atomic mass is 9.80. The van der Waals surface area contributed by atoms with Gasteiger partial charge < -0.3 is 10.6 Å². The van der Waals surface area contributed by atoms with Gasteiger partial charge in [-0.3, -0.25) is 19.3 Å². The maximum atomic E-state index is 14.3. The molecule has 0 aliphatic carbocycles. The van der Waals surface area contributed by atoms with Crippen LogP contribution >= 0.6 is 22.6 Å². The van der Waals surface area contributed by atoms with Gasteiger partial charge in [-0.2, -0.15) is 18.3 Å². The third-order valence-electron chi connectivity index (χ3n) is 7.46. The number of amides is 3. The number of aromatic nitrogens is 2. The third kappa shape index (κ3) is 6.72. The van der Waals surface area contributed by atoms with Crippen LogP contribution in [0.3, 0.4) is 0 Å². The molecule has 1 aromatic heterocycles. The molecule has 4 aromatic rings. The maximum Gasteiger partial charge on any atom is 0.416 e. The molecular weight excluding hydrogens is 705 g/mol. The fourth-order valence-electron chi connectivity index (χ4n) is 5.40. The van der Waals surface area contributed by atoms with Gasteiger partial charge in [-0.1, -0.05) is 59.0 Å². The number of nitrogens with one attached hydrogen (secondary N) is 2. The van der Waals surface area contributed by atoms with Gasteiger partial charge >= 0.3 is 6.18 Å². The van der Waals surface area contributed by atoms with Crippen LogP contribution in [0.15, 0.2) is 78.9 Å². The minimum Gasteiger partial charge on any atom is -0.350 e. The number of para-hydroxylation sites is 1. The van der Waals surface area contributed by atoms with Gasteiger partial charge in [0.05, 0.1) is 23.5 Å². The number of benzene rings is 3. The first-order chi connectivity index (χ1) is 21.5. The molecule has 3 aromatic carbocycles. The molecule has 5 rings (SSSR count). The number of alkyl halides is 4. The number of anilines is 1. The zero-order chi connectivity index (χ0) is 32.3. The summed E-state index contributed by atoms with van der Waals surface area (Å²) < 4.78 is 56.6. The number of carbonyl (C=O) groups excluding carboxylic acids is 3. The number of hydrogen-bond donors (Lipinski definition) is 2. The van der Waals surface area contributed by atoms with Crippen molar-refractivity contribution in [1.82, 2.24) is 20.4 Å². The molecule has 8 nitrogen and oxygen atoms in total. The van der Waals surface area contributed by atoms with E-state index in [2.05, 4.69) is 33.2 Å². The second kappa shape index (κ2) is 13.4. The average molecular weight is 734 g/mol. The summed E-state index contributed by atoms with van der Waals surface area (Å²) in [6.45, 7) is 1.90. The first kappa shape index (κ1) is 32.1. The first-order valence-corrected chi connectivity index (χ1v) is 15.6. The van der Waals surface area contributed by atoms with Crippen molar-refractivity contribution >= 4 is 46.1 Å². The van der Waals surface area contributed by atoms with Gasteiger partial charge in [-0.25, -0.2) is 9.07 Å². The Morgan fingerprint density at radius 2 is 1.71 bits per heavy atom. The molecule has 2 N–H and O–H groups in total. The standard InChI is InChI=1S/C32H28F4IN5O3/c1-2-41-30-27(24(18-38-25(43)15-16-37)40-42(30)23-9-4-3-5-10-23)26(19-11-13-22(33)14-12-19)28(31(41)45)39-29(44)20-7-6-8-21(17-20)32(34,35)36/h3-14,17,26,28H,2,15-16,18H2,1H3,(H,38,43)(H,39,44)/t26-,28-/m0/s1. The molecule has 3 amide bonds. The molecule has 0 unspecified atom stereocenters. The zero-order valence-corrected chi connectivity index (χ0v) is 26.1. The quantitative estimate of drug-likeness (QED) is 0.130. The molecule has 0 saturated carbocycles. The Hall–Kier alpha value is -4.27. The van der Waals surface area contributed by atoms with Crippen LogP contribution in [0.2, 0.25) is 0 Å². The molecule has 0 radical (unpaired) electrons. The van der Waals surface area contributed by atoms with Gasteiger partial charge in [0, 0.05) is 34.4 Å². The zero-order valence-electron chi connectivity index (χ0n) is 23.9. The maximum absolute atomic E-state index is 14.3. The van der Waals surface area contributed by atoms with Crippen molar-refractivity contribution in [2.75, 3.05) is 15.9 Å². The van der Waals surface area contributed by atoms with Crippen LogP contribution in [0, 0.1) is 5.82 Å². The smallest absolute Gasteiger partial charge is 0.350 e. The molecule has 45 heavy (non-hydrogen) atoms. The Bertz CT molecular complexity index is 1710. The van der Waals surface area contributed by atoms with Crippen molar-refractivity contribution in [3.05, 3.63) is 113 Å². The molecule has 2 heterocycles. The molecule has 1 aliphatic heterocycles. The molecule has 0 spiro atoms. The number of nitrogens with zero attached hydrogens (tertiary/aromatic N) is 3. The van der Waals surface area contributed by atoms with Crippen molar-refractivity contribution in [3.63, 3.8) is 0 Å². The molecule has 234 valence electrons. The number of likely N-dealkylation sites (N-methyl/N-ethyl adjacent to an activating group) is 1. The fraction of sp³-hybridized carbons (Fsp3) is 0.250. The van der Waals surface area contributed by atoms with E-state index >= 15 is 0 Å². The lowest BCUT2D eigenvalue weighted by molar-refractivity contribution is -0.137. The summed E-state index contributed by atoms with van der Waals surface area (Å²) in [5, 5.41) is 10.4. The highest BCUT2D eigenvalue weighted by atomic mass is 127.